The second-order valence-electron chi connectivity index (χ2n) is 5.65. The van der Waals surface area contributed by atoms with Crippen molar-refractivity contribution >= 4 is 17.5 Å². The van der Waals surface area contributed by atoms with Gasteiger partial charge in [-0.05, 0) is 35.4 Å². The number of hydrogen-bond donors (Lipinski definition) is 0. The Morgan fingerprint density at radius 3 is 1.71 bits per heavy atom. The van der Waals surface area contributed by atoms with Gasteiger partial charge in [-0.15, -0.1) is 0 Å². The third kappa shape index (κ3) is 3.50. The topological polar surface area (TPSA) is 20.3 Å². The van der Waals surface area contributed by atoms with Crippen LogP contribution in [0, 0.1) is 0 Å². The van der Waals surface area contributed by atoms with Crippen LogP contribution < -0.4 is 0 Å². The first kappa shape index (κ1) is 16.3. The van der Waals surface area contributed by atoms with Crippen LogP contribution in [-0.2, 0) is 0 Å². The van der Waals surface area contributed by atoms with E-state index < -0.39 is 0 Å². The van der Waals surface area contributed by atoms with E-state index in [4.69, 9.17) is 11.6 Å². The summed E-state index contributed by atoms with van der Waals surface area (Å²) in [7, 11) is 1.83. The van der Waals surface area contributed by atoms with Gasteiger partial charge in [-0.25, -0.2) is 0 Å². The molecule has 0 aliphatic rings. The largest absolute Gasteiger partial charge is 0.331 e. The first-order valence-corrected chi connectivity index (χ1v) is 8.17. The summed E-state index contributed by atoms with van der Waals surface area (Å²) in [6.07, 6.45) is 0. The number of halogens is 1. The van der Waals surface area contributed by atoms with E-state index in [0.717, 1.165) is 11.1 Å². The molecule has 0 bridgehead atoms. The molecule has 0 saturated heterocycles. The van der Waals surface area contributed by atoms with Crippen LogP contribution in [0.4, 0.5) is 0 Å². The van der Waals surface area contributed by atoms with E-state index in [1.807, 2.05) is 67.7 Å². The monoisotopic (exact) mass is 335 g/mol. The molecule has 0 radical (unpaired) electrons. The Morgan fingerprint density at radius 1 is 0.792 bits per heavy atom. The molecule has 0 aliphatic heterocycles. The van der Waals surface area contributed by atoms with Gasteiger partial charge in [0.05, 0.1) is 6.04 Å². The smallest absolute Gasteiger partial charge is 0.254 e. The van der Waals surface area contributed by atoms with E-state index in [-0.39, 0.29) is 11.9 Å². The lowest BCUT2D eigenvalue weighted by Crippen LogP contribution is -2.32. The van der Waals surface area contributed by atoms with Crippen LogP contribution in [-0.4, -0.2) is 17.9 Å². The molecule has 3 aromatic carbocycles. The molecule has 2 nitrogen and oxygen atoms in total. The van der Waals surface area contributed by atoms with Crippen molar-refractivity contribution in [3.05, 3.63) is 107 Å². The van der Waals surface area contributed by atoms with Gasteiger partial charge in [-0.3, -0.25) is 4.79 Å². The zero-order valence-electron chi connectivity index (χ0n) is 13.4. The van der Waals surface area contributed by atoms with Gasteiger partial charge in [0, 0.05) is 17.6 Å². The van der Waals surface area contributed by atoms with Crippen LogP contribution in [0.5, 0.6) is 0 Å². The molecule has 3 rings (SSSR count). The molecule has 0 saturated carbocycles. The maximum absolute atomic E-state index is 12.9. The zero-order valence-corrected chi connectivity index (χ0v) is 14.1. The highest BCUT2D eigenvalue weighted by atomic mass is 35.5. The molecule has 0 spiro atoms. The van der Waals surface area contributed by atoms with Gasteiger partial charge in [0.2, 0.25) is 0 Å². The molecule has 3 aromatic rings. The van der Waals surface area contributed by atoms with Crippen molar-refractivity contribution in [3.63, 3.8) is 0 Å². The lowest BCUT2D eigenvalue weighted by Gasteiger charge is -2.29. The summed E-state index contributed by atoms with van der Waals surface area (Å²) in [5, 5.41) is 0.622. The number of hydrogen-bond acceptors (Lipinski definition) is 1. The number of carbonyl (C=O) groups is 1. The first-order valence-electron chi connectivity index (χ1n) is 7.79. The van der Waals surface area contributed by atoms with Crippen molar-refractivity contribution in [2.75, 3.05) is 7.05 Å². The number of nitrogens with zero attached hydrogens (tertiary/aromatic N) is 1. The Bertz CT molecular complexity index is 761. The van der Waals surface area contributed by atoms with Gasteiger partial charge >= 0.3 is 0 Å². The van der Waals surface area contributed by atoms with Crippen LogP contribution in [0.2, 0.25) is 5.02 Å². The summed E-state index contributed by atoms with van der Waals surface area (Å²) in [5.74, 6) is -0.0376. The Kier molecular flexibility index (Phi) is 4.97. The highest BCUT2D eigenvalue weighted by Gasteiger charge is 2.24. The Labute approximate surface area is 147 Å². The lowest BCUT2D eigenvalue weighted by molar-refractivity contribution is 0.0755. The summed E-state index contributed by atoms with van der Waals surface area (Å²) in [4.78, 5) is 14.7. The molecule has 0 fully saturated rings. The summed E-state index contributed by atoms with van der Waals surface area (Å²) in [5.41, 5.74) is 2.78. The first-order chi connectivity index (χ1) is 11.7. The Morgan fingerprint density at radius 2 is 1.25 bits per heavy atom. The predicted octanol–water partition coefficient (Wildman–Crippen LogP) is 5.20. The van der Waals surface area contributed by atoms with E-state index in [1.54, 1.807) is 29.2 Å². The third-order valence-electron chi connectivity index (χ3n) is 4.03. The van der Waals surface area contributed by atoms with E-state index >= 15 is 0 Å². The quantitative estimate of drug-likeness (QED) is 0.641. The number of rotatable bonds is 4. The normalized spacial score (nSPS) is 10.6. The van der Waals surface area contributed by atoms with Crippen LogP contribution in [0.15, 0.2) is 84.9 Å². The second-order valence-corrected chi connectivity index (χ2v) is 6.08. The fourth-order valence-corrected chi connectivity index (χ4v) is 2.95. The summed E-state index contributed by atoms with van der Waals surface area (Å²) in [6, 6.07) is 27.0. The molecule has 24 heavy (non-hydrogen) atoms. The highest BCUT2D eigenvalue weighted by molar-refractivity contribution is 6.30. The van der Waals surface area contributed by atoms with Gasteiger partial charge in [0.25, 0.3) is 5.91 Å². The third-order valence-corrected chi connectivity index (χ3v) is 4.28. The fraction of sp³-hybridized carbons (Fsp3) is 0.0952. The lowest BCUT2D eigenvalue weighted by atomic mass is 9.97. The van der Waals surface area contributed by atoms with Crippen LogP contribution >= 0.6 is 11.6 Å². The molecule has 0 aromatic heterocycles. The molecule has 0 atom stereocenters. The van der Waals surface area contributed by atoms with Gasteiger partial charge in [0.15, 0.2) is 0 Å². The molecule has 0 aliphatic carbocycles. The summed E-state index contributed by atoms with van der Waals surface area (Å²) < 4.78 is 0. The van der Waals surface area contributed by atoms with Gasteiger partial charge in [-0.2, -0.15) is 0 Å². The molecule has 0 unspecified atom stereocenters. The Hall–Kier alpha value is -2.58. The number of benzene rings is 3. The maximum atomic E-state index is 12.9. The van der Waals surface area contributed by atoms with Crippen molar-refractivity contribution in [2.24, 2.45) is 0 Å². The molecule has 3 heteroatoms. The molecule has 0 N–H and O–H groups in total. The van der Waals surface area contributed by atoms with Crippen LogP contribution in [0.25, 0.3) is 0 Å². The van der Waals surface area contributed by atoms with Gasteiger partial charge in [-0.1, -0.05) is 72.3 Å². The minimum atomic E-state index is -0.143. The number of amides is 1. The Balaban J connectivity index is 1.99. The average Bonchev–Trinajstić information content (AvgIpc) is 2.64. The average molecular weight is 336 g/mol. The van der Waals surface area contributed by atoms with Crippen LogP contribution in [0.1, 0.15) is 27.5 Å². The highest BCUT2D eigenvalue weighted by Crippen LogP contribution is 2.28. The minimum Gasteiger partial charge on any atom is -0.331 e. The minimum absolute atomic E-state index is 0.0376. The molecule has 0 heterocycles. The van der Waals surface area contributed by atoms with Crippen molar-refractivity contribution in [1.29, 1.82) is 0 Å². The summed E-state index contributed by atoms with van der Waals surface area (Å²) >= 11 is 5.93. The van der Waals surface area contributed by atoms with Crippen molar-refractivity contribution in [2.45, 2.75) is 6.04 Å². The van der Waals surface area contributed by atoms with E-state index in [9.17, 15) is 4.79 Å². The predicted molar refractivity (Wildman–Crippen MR) is 98.3 cm³/mol. The van der Waals surface area contributed by atoms with Crippen molar-refractivity contribution in [3.8, 4) is 0 Å². The van der Waals surface area contributed by atoms with Gasteiger partial charge in [0.1, 0.15) is 0 Å². The van der Waals surface area contributed by atoms with Crippen LogP contribution in [0.3, 0.4) is 0 Å². The van der Waals surface area contributed by atoms with Gasteiger partial charge < -0.3 is 4.90 Å². The molecule has 120 valence electrons. The summed E-state index contributed by atoms with van der Waals surface area (Å²) in [6.45, 7) is 0. The van der Waals surface area contributed by atoms with E-state index in [1.165, 1.54) is 0 Å². The van der Waals surface area contributed by atoms with E-state index in [2.05, 4.69) is 0 Å². The molecular weight excluding hydrogens is 318 g/mol. The fourth-order valence-electron chi connectivity index (χ4n) is 2.82. The maximum Gasteiger partial charge on any atom is 0.254 e. The number of carbonyl (C=O) groups excluding carboxylic acids is 1. The molecule has 1 amide bonds. The molecular formula is C21H18ClNO. The van der Waals surface area contributed by atoms with Crippen molar-refractivity contribution in [1.82, 2.24) is 4.90 Å². The SMILES string of the molecule is CN(C(=O)c1ccc(Cl)cc1)C(c1ccccc1)c1ccccc1. The van der Waals surface area contributed by atoms with E-state index in [0.29, 0.717) is 10.6 Å². The standard InChI is InChI=1S/C21H18ClNO/c1-23(21(24)18-12-14-19(22)15-13-18)20(16-8-4-2-5-9-16)17-10-6-3-7-11-17/h2-15,20H,1H3. The zero-order chi connectivity index (χ0) is 16.9. The van der Waals surface area contributed by atoms with Crippen molar-refractivity contribution < 1.29 is 4.79 Å². The second kappa shape index (κ2) is 7.33.